The zero-order valence-electron chi connectivity index (χ0n) is 11.0. The van der Waals surface area contributed by atoms with E-state index in [1.807, 2.05) is 0 Å². The van der Waals surface area contributed by atoms with E-state index in [0.29, 0.717) is 12.1 Å². The first-order valence-corrected chi connectivity index (χ1v) is 7.69. The number of hydrogen-bond acceptors (Lipinski definition) is 3. The van der Waals surface area contributed by atoms with Crippen LogP contribution in [0.5, 0.6) is 0 Å². The van der Waals surface area contributed by atoms with Crippen molar-refractivity contribution in [1.29, 1.82) is 0 Å². The minimum absolute atomic E-state index is 0.459. The average molecular weight is 366 g/mol. The lowest BCUT2D eigenvalue weighted by Gasteiger charge is -2.12. The van der Waals surface area contributed by atoms with Crippen LogP contribution in [0, 0.1) is 17.5 Å². The normalized spacial score (nSPS) is 11.3. The number of benzene rings is 2. The second kappa shape index (κ2) is 6.09. The van der Waals surface area contributed by atoms with Crippen LogP contribution < -0.4 is 4.72 Å². The molecule has 0 saturated carbocycles. The number of aromatic carboxylic acids is 1. The van der Waals surface area contributed by atoms with Crippen LogP contribution >= 0.6 is 11.6 Å². The number of nitrogens with one attached hydrogen (secondary N) is 1. The zero-order valence-corrected chi connectivity index (χ0v) is 12.6. The maximum atomic E-state index is 13.5. The number of carboxylic acids is 1. The van der Waals surface area contributed by atoms with Gasteiger partial charge in [-0.15, -0.1) is 0 Å². The van der Waals surface area contributed by atoms with Gasteiger partial charge in [0.2, 0.25) is 0 Å². The first-order valence-electron chi connectivity index (χ1n) is 5.82. The van der Waals surface area contributed by atoms with Crippen LogP contribution in [0.2, 0.25) is 5.02 Å². The molecule has 23 heavy (non-hydrogen) atoms. The van der Waals surface area contributed by atoms with Gasteiger partial charge < -0.3 is 5.11 Å². The number of carboxylic acid groups (broad SMARTS) is 1. The summed E-state index contributed by atoms with van der Waals surface area (Å²) in [4.78, 5) is 10.0. The molecule has 0 unspecified atom stereocenters. The van der Waals surface area contributed by atoms with Crippen LogP contribution in [-0.2, 0) is 10.0 Å². The number of carbonyl (C=O) groups is 1. The fourth-order valence-corrected chi connectivity index (χ4v) is 3.30. The van der Waals surface area contributed by atoms with Crippen LogP contribution in [0.15, 0.2) is 35.2 Å². The van der Waals surface area contributed by atoms with E-state index in [9.17, 15) is 26.4 Å². The quantitative estimate of drug-likeness (QED) is 0.871. The minimum Gasteiger partial charge on any atom is -0.478 e. The number of rotatable bonds is 4. The van der Waals surface area contributed by atoms with Crippen molar-refractivity contribution in [1.82, 2.24) is 0 Å². The van der Waals surface area contributed by atoms with Gasteiger partial charge in [-0.25, -0.2) is 26.4 Å². The molecule has 5 nitrogen and oxygen atoms in total. The zero-order chi connectivity index (χ0) is 17.4. The van der Waals surface area contributed by atoms with Crippen molar-refractivity contribution >= 4 is 33.3 Å². The van der Waals surface area contributed by atoms with Gasteiger partial charge in [0.25, 0.3) is 10.0 Å². The average Bonchev–Trinajstić information content (AvgIpc) is 2.42. The Morgan fingerprint density at radius 3 is 2.17 bits per heavy atom. The van der Waals surface area contributed by atoms with E-state index in [-0.39, 0.29) is 0 Å². The van der Waals surface area contributed by atoms with Gasteiger partial charge in [0, 0.05) is 0 Å². The Morgan fingerprint density at radius 1 is 1.09 bits per heavy atom. The predicted octanol–water partition coefficient (Wildman–Crippen LogP) is 3.26. The lowest BCUT2D eigenvalue weighted by molar-refractivity contribution is 0.0691. The second-order valence-electron chi connectivity index (χ2n) is 4.27. The van der Waals surface area contributed by atoms with Crippen molar-refractivity contribution in [2.45, 2.75) is 4.90 Å². The van der Waals surface area contributed by atoms with Crippen LogP contribution in [0.25, 0.3) is 0 Å². The largest absolute Gasteiger partial charge is 0.478 e. The Morgan fingerprint density at radius 2 is 1.65 bits per heavy atom. The van der Waals surface area contributed by atoms with E-state index in [0.717, 1.165) is 18.2 Å². The maximum Gasteiger partial charge on any atom is 0.338 e. The monoisotopic (exact) mass is 365 g/mol. The third kappa shape index (κ3) is 3.40. The van der Waals surface area contributed by atoms with Gasteiger partial charge in [-0.2, -0.15) is 0 Å². The number of sulfonamides is 1. The summed E-state index contributed by atoms with van der Waals surface area (Å²) >= 11 is 5.60. The molecule has 0 aliphatic rings. The number of hydrogen-bond donors (Lipinski definition) is 2. The Bertz CT molecular complexity index is 882. The molecule has 0 radical (unpaired) electrons. The third-order valence-electron chi connectivity index (χ3n) is 2.74. The smallest absolute Gasteiger partial charge is 0.338 e. The number of halogens is 4. The molecule has 0 aromatic heterocycles. The molecule has 2 N–H and O–H groups in total. The Labute approximate surface area is 133 Å². The van der Waals surface area contributed by atoms with E-state index >= 15 is 0 Å². The highest BCUT2D eigenvalue weighted by molar-refractivity contribution is 7.92. The second-order valence-corrected chi connectivity index (χ2v) is 6.33. The first-order chi connectivity index (χ1) is 10.6. The Balaban J connectivity index is 2.57. The van der Waals surface area contributed by atoms with E-state index in [4.69, 9.17) is 16.7 Å². The molecule has 122 valence electrons. The van der Waals surface area contributed by atoms with Gasteiger partial charge >= 0.3 is 5.97 Å². The standard InChI is InChI=1S/C13H7ClF3NO4S/c14-7-5-10(17)6(13(19)20)4-11(7)23(21,22)18-12-8(15)2-1-3-9(12)16/h1-5,18H,(H,19,20). The van der Waals surface area contributed by atoms with E-state index in [1.165, 1.54) is 0 Å². The summed E-state index contributed by atoms with van der Waals surface area (Å²) in [7, 11) is -4.65. The van der Waals surface area contributed by atoms with Crippen molar-refractivity contribution in [3.63, 3.8) is 0 Å². The molecule has 0 saturated heterocycles. The van der Waals surface area contributed by atoms with E-state index in [1.54, 1.807) is 4.72 Å². The van der Waals surface area contributed by atoms with Crippen LogP contribution in [0.1, 0.15) is 10.4 Å². The summed E-state index contributed by atoms with van der Waals surface area (Å²) in [5, 5.41) is 8.16. The highest BCUT2D eigenvalue weighted by atomic mass is 35.5. The molecule has 0 atom stereocenters. The highest BCUT2D eigenvalue weighted by Gasteiger charge is 2.25. The first kappa shape index (κ1) is 17.1. The van der Waals surface area contributed by atoms with Crippen LogP contribution in [0.4, 0.5) is 18.9 Å². The third-order valence-corrected chi connectivity index (χ3v) is 4.56. The molecule has 0 aliphatic heterocycles. The summed E-state index contributed by atoms with van der Waals surface area (Å²) in [6.07, 6.45) is 0. The number of para-hydroxylation sites is 1. The summed E-state index contributed by atoms with van der Waals surface area (Å²) in [6.45, 7) is 0. The molecule has 0 spiro atoms. The lowest BCUT2D eigenvalue weighted by Crippen LogP contribution is -2.17. The molecular weight excluding hydrogens is 359 g/mol. The predicted molar refractivity (Wildman–Crippen MR) is 75.5 cm³/mol. The molecule has 0 fully saturated rings. The van der Waals surface area contributed by atoms with Crippen molar-refractivity contribution in [2.24, 2.45) is 0 Å². The fraction of sp³-hybridized carbons (Fsp3) is 0. The topological polar surface area (TPSA) is 83.5 Å². The summed E-state index contributed by atoms with van der Waals surface area (Å²) in [5.74, 6) is -5.36. The summed E-state index contributed by atoms with van der Waals surface area (Å²) in [6, 6.07) is 3.60. The summed E-state index contributed by atoms with van der Waals surface area (Å²) < 4.78 is 66.4. The van der Waals surface area contributed by atoms with Crippen molar-refractivity contribution < 1.29 is 31.5 Å². The van der Waals surface area contributed by atoms with E-state index < -0.39 is 54.6 Å². The van der Waals surface area contributed by atoms with Gasteiger partial charge in [0.15, 0.2) is 0 Å². The van der Waals surface area contributed by atoms with Crippen LogP contribution in [0.3, 0.4) is 0 Å². The maximum absolute atomic E-state index is 13.5. The molecule has 0 heterocycles. The molecule has 2 aromatic carbocycles. The number of anilines is 1. The molecule has 0 aliphatic carbocycles. The molecule has 10 heteroatoms. The molecule has 2 rings (SSSR count). The molecule has 0 bridgehead atoms. The minimum atomic E-state index is -4.65. The summed E-state index contributed by atoms with van der Waals surface area (Å²) in [5.41, 5.74) is -1.92. The lowest BCUT2D eigenvalue weighted by atomic mass is 10.2. The van der Waals surface area contributed by atoms with Crippen molar-refractivity contribution in [2.75, 3.05) is 4.72 Å². The Kier molecular flexibility index (Phi) is 4.53. The molecular formula is C13H7ClF3NO4S. The Hall–Kier alpha value is -2.26. The van der Waals surface area contributed by atoms with Gasteiger partial charge in [-0.1, -0.05) is 17.7 Å². The SMILES string of the molecule is O=C(O)c1cc(S(=O)(=O)Nc2c(F)cccc2F)c(Cl)cc1F. The van der Waals surface area contributed by atoms with Gasteiger partial charge in [-0.3, -0.25) is 4.72 Å². The fourth-order valence-electron chi connectivity index (χ4n) is 1.68. The van der Waals surface area contributed by atoms with Gasteiger partial charge in [0.1, 0.15) is 28.0 Å². The molecule has 0 amide bonds. The molecule has 2 aromatic rings. The van der Waals surface area contributed by atoms with Crippen molar-refractivity contribution in [3.05, 3.63) is 58.4 Å². The van der Waals surface area contributed by atoms with Gasteiger partial charge in [-0.05, 0) is 24.3 Å². The highest BCUT2D eigenvalue weighted by Crippen LogP contribution is 2.28. The van der Waals surface area contributed by atoms with Gasteiger partial charge in [0.05, 0.1) is 10.6 Å². The van der Waals surface area contributed by atoms with Crippen LogP contribution in [-0.4, -0.2) is 19.5 Å². The van der Waals surface area contributed by atoms with E-state index in [2.05, 4.69) is 0 Å². The van der Waals surface area contributed by atoms with Crippen molar-refractivity contribution in [3.8, 4) is 0 Å².